The quantitative estimate of drug-likeness (QED) is 0.596. The van der Waals surface area contributed by atoms with Gasteiger partial charge in [-0.2, -0.15) is 5.10 Å². The van der Waals surface area contributed by atoms with Crippen LogP contribution in [0, 0.1) is 0 Å². The van der Waals surface area contributed by atoms with Crippen LogP contribution in [0.3, 0.4) is 0 Å². The monoisotopic (exact) mass is 358 g/mol. The number of nitrogens with one attached hydrogen (secondary N) is 2. The van der Waals surface area contributed by atoms with E-state index in [0.717, 1.165) is 37.8 Å². The van der Waals surface area contributed by atoms with Crippen molar-refractivity contribution in [3.63, 3.8) is 0 Å². The van der Waals surface area contributed by atoms with E-state index < -0.39 is 0 Å². The number of aryl methyl sites for hydroxylation is 1. The number of carbonyl (C=O) groups excluding carboxylic acids is 1. The number of carbonyl (C=O) groups is 1. The number of hydrogen-bond acceptors (Lipinski definition) is 4. The molecule has 1 aliphatic heterocycles. The number of amides is 1. The van der Waals surface area contributed by atoms with Gasteiger partial charge in [-0.25, -0.2) is 4.99 Å². The van der Waals surface area contributed by atoms with E-state index >= 15 is 0 Å². The van der Waals surface area contributed by atoms with Gasteiger partial charge in [0.1, 0.15) is 12.3 Å². The first-order valence-electron chi connectivity index (χ1n) is 8.96. The molecule has 0 saturated carbocycles. The molecule has 1 aliphatic rings. The van der Waals surface area contributed by atoms with Crippen LogP contribution in [0.2, 0.25) is 0 Å². The standard InChI is InChI=1S/C18H26N6O2/c1-3-19-18(21-11-17(25)20-10-16-5-4-8-26-16)24-7-6-14(13-24)15-9-22-23(2)12-15/h4-5,8-9,12,14H,3,6-7,10-11,13H2,1-2H3,(H,19,21)(H,20,25). The summed E-state index contributed by atoms with van der Waals surface area (Å²) >= 11 is 0. The lowest BCUT2D eigenvalue weighted by Crippen LogP contribution is -2.40. The Hall–Kier alpha value is -2.77. The average Bonchev–Trinajstić information content (AvgIpc) is 3.37. The molecule has 0 spiro atoms. The highest BCUT2D eigenvalue weighted by Gasteiger charge is 2.27. The van der Waals surface area contributed by atoms with Crippen LogP contribution in [0.15, 0.2) is 40.2 Å². The van der Waals surface area contributed by atoms with E-state index in [1.807, 2.05) is 30.9 Å². The van der Waals surface area contributed by atoms with Crippen molar-refractivity contribution in [3.05, 3.63) is 42.1 Å². The molecule has 3 heterocycles. The first-order chi connectivity index (χ1) is 12.7. The molecular formula is C18H26N6O2. The van der Waals surface area contributed by atoms with Gasteiger partial charge in [-0.1, -0.05) is 0 Å². The Balaban J connectivity index is 1.54. The Bertz CT molecular complexity index is 737. The normalized spacial score (nSPS) is 17.5. The van der Waals surface area contributed by atoms with E-state index in [9.17, 15) is 4.79 Å². The molecule has 0 aromatic carbocycles. The van der Waals surface area contributed by atoms with Gasteiger partial charge in [0.05, 0.1) is 19.0 Å². The molecule has 2 N–H and O–H groups in total. The lowest BCUT2D eigenvalue weighted by atomic mass is 10.0. The fraction of sp³-hybridized carbons (Fsp3) is 0.500. The second-order valence-corrected chi connectivity index (χ2v) is 6.41. The van der Waals surface area contributed by atoms with Gasteiger partial charge in [-0.3, -0.25) is 9.48 Å². The number of furan rings is 1. The van der Waals surface area contributed by atoms with Crippen LogP contribution in [0.5, 0.6) is 0 Å². The third kappa shape index (κ3) is 4.65. The highest BCUT2D eigenvalue weighted by Crippen LogP contribution is 2.26. The molecule has 1 saturated heterocycles. The van der Waals surface area contributed by atoms with Crippen molar-refractivity contribution < 1.29 is 9.21 Å². The van der Waals surface area contributed by atoms with E-state index in [0.29, 0.717) is 12.5 Å². The topological polar surface area (TPSA) is 87.7 Å². The summed E-state index contributed by atoms with van der Waals surface area (Å²) in [6.07, 6.45) is 6.65. The Morgan fingerprint density at radius 3 is 3.04 bits per heavy atom. The molecule has 140 valence electrons. The van der Waals surface area contributed by atoms with Crippen LogP contribution < -0.4 is 10.6 Å². The summed E-state index contributed by atoms with van der Waals surface area (Å²) in [7, 11) is 1.93. The lowest BCUT2D eigenvalue weighted by molar-refractivity contribution is -0.119. The first kappa shape index (κ1) is 18.0. The SMILES string of the molecule is CCNC(=NCC(=O)NCc1ccco1)N1CCC(c2cnn(C)c2)C1. The molecule has 3 rings (SSSR count). The highest BCUT2D eigenvalue weighted by molar-refractivity contribution is 5.85. The maximum Gasteiger partial charge on any atom is 0.242 e. The predicted molar refractivity (Wildman–Crippen MR) is 98.7 cm³/mol. The Morgan fingerprint density at radius 2 is 2.35 bits per heavy atom. The molecule has 1 amide bonds. The number of aliphatic imine (C=N–C) groups is 1. The Morgan fingerprint density at radius 1 is 1.46 bits per heavy atom. The molecule has 8 heteroatoms. The predicted octanol–water partition coefficient (Wildman–Crippen LogP) is 1.08. The van der Waals surface area contributed by atoms with Crippen molar-refractivity contribution in [2.75, 3.05) is 26.2 Å². The summed E-state index contributed by atoms with van der Waals surface area (Å²) in [5, 5.41) is 10.4. The summed E-state index contributed by atoms with van der Waals surface area (Å²) in [6.45, 7) is 5.06. The summed E-state index contributed by atoms with van der Waals surface area (Å²) in [5.74, 6) is 1.83. The van der Waals surface area contributed by atoms with Crippen LogP contribution in [0.4, 0.5) is 0 Å². The van der Waals surface area contributed by atoms with Crippen LogP contribution in [-0.2, 0) is 18.4 Å². The number of likely N-dealkylation sites (tertiary alicyclic amines) is 1. The van der Waals surface area contributed by atoms with Gasteiger partial charge in [0.25, 0.3) is 0 Å². The summed E-state index contributed by atoms with van der Waals surface area (Å²) in [6, 6.07) is 3.63. The molecule has 0 radical (unpaired) electrons. The van der Waals surface area contributed by atoms with Gasteiger partial charge in [0, 0.05) is 38.8 Å². The van der Waals surface area contributed by atoms with Gasteiger partial charge < -0.3 is 20.0 Å². The number of nitrogens with zero attached hydrogens (tertiary/aromatic N) is 4. The zero-order valence-corrected chi connectivity index (χ0v) is 15.3. The van der Waals surface area contributed by atoms with E-state index in [-0.39, 0.29) is 12.5 Å². The van der Waals surface area contributed by atoms with Crippen molar-refractivity contribution in [1.29, 1.82) is 0 Å². The molecular weight excluding hydrogens is 332 g/mol. The Labute approximate surface area is 153 Å². The molecule has 0 aliphatic carbocycles. The second kappa shape index (κ2) is 8.55. The van der Waals surface area contributed by atoms with Crippen molar-refractivity contribution in [1.82, 2.24) is 25.3 Å². The van der Waals surface area contributed by atoms with E-state index in [1.165, 1.54) is 5.56 Å². The fourth-order valence-corrected chi connectivity index (χ4v) is 3.10. The van der Waals surface area contributed by atoms with Crippen molar-refractivity contribution >= 4 is 11.9 Å². The second-order valence-electron chi connectivity index (χ2n) is 6.41. The number of guanidine groups is 1. The van der Waals surface area contributed by atoms with E-state index in [4.69, 9.17) is 4.42 Å². The molecule has 0 bridgehead atoms. The molecule has 8 nitrogen and oxygen atoms in total. The van der Waals surface area contributed by atoms with Crippen LogP contribution in [-0.4, -0.2) is 52.7 Å². The van der Waals surface area contributed by atoms with Gasteiger partial charge in [0.15, 0.2) is 5.96 Å². The maximum absolute atomic E-state index is 12.0. The summed E-state index contributed by atoms with van der Waals surface area (Å²) in [5.41, 5.74) is 1.25. The smallest absolute Gasteiger partial charge is 0.242 e. The molecule has 26 heavy (non-hydrogen) atoms. The van der Waals surface area contributed by atoms with Gasteiger partial charge in [-0.15, -0.1) is 0 Å². The van der Waals surface area contributed by atoms with E-state index in [1.54, 1.807) is 12.3 Å². The number of hydrogen-bond donors (Lipinski definition) is 2. The lowest BCUT2D eigenvalue weighted by Gasteiger charge is -2.21. The fourth-order valence-electron chi connectivity index (χ4n) is 3.10. The molecule has 1 fully saturated rings. The van der Waals surface area contributed by atoms with Crippen molar-refractivity contribution in [2.45, 2.75) is 25.8 Å². The number of aromatic nitrogens is 2. The molecule has 1 unspecified atom stereocenters. The van der Waals surface area contributed by atoms with Gasteiger partial charge >= 0.3 is 0 Å². The zero-order chi connectivity index (χ0) is 18.4. The number of rotatable bonds is 6. The molecule has 2 aromatic heterocycles. The highest BCUT2D eigenvalue weighted by atomic mass is 16.3. The third-order valence-corrected chi connectivity index (χ3v) is 4.43. The average molecular weight is 358 g/mol. The van der Waals surface area contributed by atoms with Crippen LogP contribution in [0.25, 0.3) is 0 Å². The van der Waals surface area contributed by atoms with Gasteiger partial charge in [-0.05, 0) is 31.0 Å². The van der Waals surface area contributed by atoms with E-state index in [2.05, 4.69) is 31.8 Å². The molecule has 1 atom stereocenters. The summed E-state index contributed by atoms with van der Waals surface area (Å²) in [4.78, 5) is 18.7. The van der Waals surface area contributed by atoms with Crippen LogP contribution in [0.1, 0.15) is 30.6 Å². The largest absolute Gasteiger partial charge is 0.467 e. The van der Waals surface area contributed by atoms with Crippen LogP contribution >= 0.6 is 0 Å². The zero-order valence-electron chi connectivity index (χ0n) is 15.3. The summed E-state index contributed by atoms with van der Waals surface area (Å²) < 4.78 is 7.04. The third-order valence-electron chi connectivity index (χ3n) is 4.43. The van der Waals surface area contributed by atoms with Crippen molar-refractivity contribution in [2.24, 2.45) is 12.0 Å². The Kier molecular flexibility index (Phi) is 5.93. The minimum absolute atomic E-state index is 0.0943. The minimum atomic E-state index is -0.125. The van der Waals surface area contributed by atoms with Crippen molar-refractivity contribution in [3.8, 4) is 0 Å². The minimum Gasteiger partial charge on any atom is -0.467 e. The first-order valence-corrected chi connectivity index (χ1v) is 8.96. The molecule has 2 aromatic rings. The maximum atomic E-state index is 12.0. The van der Waals surface area contributed by atoms with Gasteiger partial charge in [0.2, 0.25) is 5.91 Å².